The monoisotopic (exact) mass is 378 g/mol. The normalized spacial score (nSPS) is 19.7. The summed E-state index contributed by atoms with van der Waals surface area (Å²) in [5, 5.41) is 10.3. The lowest BCUT2D eigenvalue weighted by Gasteiger charge is -2.22. The summed E-state index contributed by atoms with van der Waals surface area (Å²) in [7, 11) is -3.32. The maximum absolute atomic E-state index is 13.4. The van der Waals surface area contributed by atoms with Gasteiger partial charge in [-0.1, -0.05) is 18.2 Å². The third-order valence-electron chi connectivity index (χ3n) is 4.07. The van der Waals surface area contributed by atoms with Crippen LogP contribution in [0.1, 0.15) is 19.4 Å². The molecular formula is C19H19FO5S. The van der Waals surface area contributed by atoms with E-state index in [0.29, 0.717) is 11.1 Å². The van der Waals surface area contributed by atoms with Gasteiger partial charge in [0.05, 0.1) is 10.5 Å². The summed E-state index contributed by atoms with van der Waals surface area (Å²) in [5.41, 5.74) is 0.328. The van der Waals surface area contributed by atoms with Gasteiger partial charge in [0, 0.05) is 17.9 Å². The largest absolute Gasteiger partial charge is 0.456 e. The molecule has 1 aliphatic heterocycles. The summed E-state index contributed by atoms with van der Waals surface area (Å²) >= 11 is 0. The van der Waals surface area contributed by atoms with Crippen molar-refractivity contribution in [3.8, 4) is 5.75 Å². The van der Waals surface area contributed by atoms with Crippen LogP contribution in [0.15, 0.2) is 59.2 Å². The first kappa shape index (κ1) is 18.6. The van der Waals surface area contributed by atoms with Crippen LogP contribution in [0.3, 0.4) is 0 Å². The lowest BCUT2D eigenvalue weighted by Crippen LogP contribution is -2.24. The molecule has 2 aromatic rings. The second-order valence-electron chi connectivity index (χ2n) is 6.58. The third kappa shape index (κ3) is 3.65. The van der Waals surface area contributed by atoms with Gasteiger partial charge in [0.25, 0.3) is 0 Å². The van der Waals surface area contributed by atoms with Crippen molar-refractivity contribution in [3.05, 3.63) is 65.7 Å². The third-order valence-corrected chi connectivity index (χ3v) is 5.20. The van der Waals surface area contributed by atoms with Crippen molar-refractivity contribution in [3.63, 3.8) is 0 Å². The van der Waals surface area contributed by atoms with E-state index in [0.717, 1.165) is 6.26 Å². The predicted molar refractivity (Wildman–Crippen MR) is 94.7 cm³/mol. The van der Waals surface area contributed by atoms with Crippen LogP contribution in [0.25, 0.3) is 5.57 Å². The van der Waals surface area contributed by atoms with E-state index in [9.17, 15) is 17.9 Å². The Hall–Kier alpha value is -2.22. The topological polar surface area (TPSA) is 72.8 Å². The molecule has 1 aliphatic rings. The second-order valence-corrected chi connectivity index (χ2v) is 8.59. The van der Waals surface area contributed by atoms with Crippen molar-refractivity contribution < 1.29 is 27.4 Å². The first-order valence-corrected chi connectivity index (χ1v) is 9.81. The first-order chi connectivity index (χ1) is 12.1. The molecule has 2 aromatic carbocycles. The maximum atomic E-state index is 13.4. The minimum Gasteiger partial charge on any atom is -0.456 e. The molecule has 1 N–H and O–H groups in total. The Morgan fingerprint density at radius 3 is 2.38 bits per heavy atom. The number of sulfone groups is 1. The molecule has 7 heteroatoms. The number of hydrogen-bond donors (Lipinski definition) is 1. The summed E-state index contributed by atoms with van der Waals surface area (Å²) in [6.45, 7) is 3.52. The van der Waals surface area contributed by atoms with Gasteiger partial charge in [-0.3, -0.25) is 0 Å². The zero-order valence-electron chi connectivity index (χ0n) is 14.6. The smallest absolute Gasteiger partial charge is 0.216 e. The molecule has 1 unspecified atom stereocenters. The standard InChI is InChI=1S/C19H19FO5S/c1-19(2)16(12-7-9-15(10-8-12)26(3,22)23)17(18(21)25-19)24-14-6-4-5-13(20)11-14/h4-11,18,21H,1-3H3. The molecule has 3 rings (SSSR count). The highest BCUT2D eigenvalue weighted by Gasteiger charge is 2.42. The Morgan fingerprint density at radius 2 is 1.81 bits per heavy atom. The molecule has 0 saturated carbocycles. The van der Waals surface area contributed by atoms with Gasteiger partial charge in [0.15, 0.2) is 15.6 Å². The summed E-state index contributed by atoms with van der Waals surface area (Å²) in [6, 6.07) is 11.8. The van der Waals surface area contributed by atoms with Crippen molar-refractivity contribution in [2.24, 2.45) is 0 Å². The number of aliphatic hydroxyl groups is 1. The molecule has 1 atom stereocenters. The molecule has 0 saturated heterocycles. The van der Waals surface area contributed by atoms with E-state index in [1.165, 1.54) is 30.3 Å². The number of ether oxygens (including phenoxy) is 2. The van der Waals surface area contributed by atoms with Crippen molar-refractivity contribution in [2.75, 3.05) is 6.26 Å². The van der Waals surface area contributed by atoms with Gasteiger partial charge >= 0.3 is 0 Å². The lowest BCUT2D eigenvalue weighted by atomic mass is 9.92. The Balaban J connectivity index is 2.07. The van der Waals surface area contributed by atoms with Crippen molar-refractivity contribution in [2.45, 2.75) is 30.6 Å². The number of aliphatic hydroxyl groups excluding tert-OH is 1. The molecule has 138 valence electrons. The van der Waals surface area contributed by atoms with Crippen LogP contribution in [0.4, 0.5) is 4.39 Å². The second kappa shape index (κ2) is 6.50. The van der Waals surface area contributed by atoms with E-state index in [4.69, 9.17) is 9.47 Å². The zero-order valence-corrected chi connectivity index (χ0v) is 15.4. The lowest BCUT2D eigenvalue weighted by molar-refractivity contribution is -0.121. The number of benzene rings is 2. The zero-order chi connectivity index (χ0) is 19.1. The van der Waals surface area contributed by atoms with Gasteiger partial charge in [0.2, 0.25) is 6.29 Å². The highest BCUT2D eigenvalue weighted by molar-refractivity contribution is 7.90. The average Bonchev–Trinajstić information content (AvgIpc) is 2.75. The summed E-state index contributed by atoms with van der Waals surface area (Å²) in [5.74, 6) is -0.0897. The van der Waals surface area contributed by atoms with Gasteiger partial charge in [-0.15, -0.1) is 0 Å². The summed E-state index contributed by atoms with van der Waals surface area (Å²) in [4.78, 5) is 0.187. The van der Waals surface area contributed by atoms with Crippen LogP contribution in [-0.2, 0) is 14.6 Å². The Morgan fingerprint density at radius 1 is 1.15 bits per heavy atom. The average molecular weight is 378 g/mol. The van der Waals surface area contributed by atoms with Gasteiger partial charge in [-0.05, 0) is 43.7 Å². The van der Waals surface area contributed by atoms with Gasteiger partial charge in [-0.2, -0.15) is 0 Å². The first-order valence-electron chi connectivity index (χ1n) is 7.92. The molecule has 0 spiro atoms. The minimum atomic E-state index is -3.32. The quantitative estimate of drug-likeness (QED) is 0.885. The highest BCUT2D eigenvalue weighted by Crippen LogP contribution is 2.42. The predicted octanol–water partition coefficient (Wildman–Crippen LogP) is 3.15. The fraction of sp³-hybridized carbons (Fsp3) is 0.263. The Bertz CT molecular complexity index is 962. The van der Waals surface area contributed by atoms with Crippen LogP contribution < -0.4 is 4.74 Å². The van der Waals surface area contributed by atoms with Crippen LogP contribution >= 0.6 is 0 Å². The van der Waals surface area contributed by atoms with Crippen LogP contribution in [0, 0.1) is 5.82 Å². The Labute approximate surface area is 151 Å². The molecule has 26 heavy (non-hydrogen) atoms. The van der Waals surface area contributed by atoms with Crippen LogP contribution in [0.5, 0.6) is 5.75 Å². The highest BCUT2D eigenvalue weighted by atomic mass is 32.2. The molecule has 0 radical (unpaired) electrons. The van der Waals surface area contributed by atoms with E-state index in [1.54, 1.807) is 32.0 Å². The summed E-state index contributed by atoms with van der Waals surface area (Å²) in [6.07, 6.45) is -0.190. The molecule has 1 heterocycles. The summed E-state index contributed by atoms with van der Waals surface area (Å²) < 4.78 is 48.0. The van der Waals surface area contributed by atoms with Crippen molar-refractivity contribution >= 4 is 15.4 Å². The minimum absolute atomic E-state index is 0.146. The number of halogens is 1. The van der Waals surface area contributed by atoms with Crippen molar-refractivity contribution in [1.82, 2.24) is 0 Å². The molecule has 0 amide bonds. The fourth-order valence-electron chi connectivity index (χ4n) is 2.93. The van der Waals surface area contributed by atoms with E-state index < -0.39 is 27.5 Å². The van der Waals surface area contributed by atoms with Gasteiger partial charge in [-0.25, -0.2) is 12.8 Å². The van der Waals surface area contributed by atoms with Crippen LogP contribution in [0.2, 0.25) is 0 Å². The number of rotatable bonds is 4. The molecule has 0 aromatic heterocycles. The van der Waals surface area contributed by atoms with Gasteiger partial charge in [0.1, 0.15) is 11.6 Å². The molecule has 5 nitrogen and oxygen atoms in total. The molecule has 0 aliphatic carbocycles. The van der Waals surface area contributed by atoms with E-state index in [1.807, 2.05) is 0 Å². The van der Waals surface area contributed by atoms with E-state index >= 15 is 0 Å². The Kier molecular flexibility index (Phi) is 4.64. The van der Waals surface area contributed by atoms with Gasteiger partial charge < -0.3 is 14.6 Å². The van der Waals surface area contributed by atoms with Crippen molar-refractivity contribution in [1.29, 1.82) is 0 Å². The number of hydrogen-bond acceptors (Lipinski definition) is 5. The molecular weight excluding hydrogens is 359 g/mol. The molecule has 0 bridgehead atoms. The van der Waals surface area contributed by atoms with Crippen LogP contribution in [-0.4, -0.2) is 31.7 Å². The molecule has 0 fully saturated rings. The van der Waals surface area contributed by atoms with E-state index in [2.05, 4.69) is 0 Å². The SMILES string of the molecule is CC1(C)OC(O)C(Oc2cccc(F)c2)=C1c1ccc(S(C)(=O)=O)cc1. The maximum Gasteiger partial charge on any atom is 0.216 e. The van der Waals surface area contributed by atoms with E-state index in [-0.39, 0.29) is 16.4 Å². The fourth-order valence-corrected chi connectivity index (χ4v) is 3.56.